The first-order chi connectivity index (χ1) is 12.4. The highest BCUT2D eigenvalue weighted by molar-refractivity contribution is 9.10. The average Bonchev–Trinajstić information content (AvgIpc) is 2.62. The third-order valence-corrected chi connectivity index (χ3v) is 6.24. The summed E-state index contributed by atoms with van der Waals surface area (Å²) in [6.07, 6.45) is 11.5. The Labute approximate surface area is 165 Å². The minimum absolute atomic E-state index is 0.0736. The van der Waals surface area contributed by atoms with Crippen molar-refractivity contribution in [3.63, 3.8) is 0 Å². The molecule has 3 rings (SSSR count). The van der Waals surface area contributed by atoms with Crippen LogP contribution in [0.25, 0.3) is 0 Å². The summed E-state index contributed by atoms with van der Waals surface area (Å²) in [5.74, 6) is 0.257. The smallest absolute Gasteiger partial charge is 0.223 e. The van der Waals surface area contributed by atoms with Gasteiger partial charge in [-0.15, -0.1) is 6.58 Å². The van der Waals surface area contributed by atoms with Crippen LogP contribution >= 0.6 is 15.9 Å². The van der Waals surface area contributed by atoms with E-state index >= 15 is 0 Å². The molecular formula is C23H28BrNO. The van der Waals surface area contributed by atoms with Gasteiger partial charge < -0.3 is 4.90 Å². The molecule has 2 aliphatic rings. The summed E-state index contributed by atoms with van der Waals surface area (Å²) in [7, 11) is 0. The first-order valence-corrected chi connectivity index (χ1v) is 10.3. The van der Waals surface area contributed by atoms with Crippen molar-refractivity contribution in [2.45, 2.75) is 52.0 Å². The zero-order chi connectivity index (χ0) is 18.7. The van der Waals surface area contributed by atoms with Gasteiger partial charge in [0.1, 0.15) is 0 Å². The predicted octanol–water partition coefficient (Wildman–Crippen LogP) is 6.36. The third kappa shape index (κ3) is 4.03. The largest absolute Gasteiger partial charge is 0.336 e. The van der Waals surface area contributed by atoms with Crippen LogP contribution in [0.15, 0.2) is 64.7 Å². The highest BCUT2D eigenvalue weighted by Crippen LogP contribution is 2.47. The Morgan fingerprint density at radius 2 is 2.04 bits per heavy atom. The van der Waals surface area contributed by atoms with E-state index in [4.69, 9.17) is 0 Å². The van der Waals surface area contributed by atoms with Gasteiger partial charge in [0.25, 0.3) is 0 Å². The van der Waals surface area contributed by atoms with E-state index in [1.165, 1.54) is 11.1 Å². The van der Waals surface area contributed by atoms with Crippen molar-refractivity contribution in [2.24, 2.45) is 5.41 Å². The Morgan fingerprint density at radius 1 is 1.31 bits per heavy atom. The van der Waals surface area contributed by atoms with E-state index in [1.807, 2.05) is 17.0 Å². The van der Waals surface area contributed by atoms with E-state index in [0.29, 0.717) is 6.42 Å². The van der Waals surface area contributed by atoms with E-state index in [9.17, 15) is 4.79 Å². The third-order valence-electron chi connectivity index (χ3n) is 5.71. The zero-order valence-corrected chi connectivity index (χ0v) is 17.4. The molecule has 0 N–H and O–H groups in total. The number of carbonyl (C=O) groups excluding carboxylic acids is 1. The number of likely N-dealkylation sites (tertiary alicyclic amines) is 1. The van der Waals surface area contributed by atoms with Crippen LogP contribution in [0.1, 0.15) is 57.6 Å². The predicted molar refractivity (Wildman–Crippen MR) is 112 cm³/mol. The quantitative estimate of drug-likeness (QED) is 0.514. The summed E-state index contributed by atoms with van der Waals surface area (Å²) in [5, 5.41) is 0. The molecule has 0 saturated carbocycles. The van der Waals surface area contributed by atoms with Crippen molar-refractivity contribution in [2.75, 3.05) is 6.54 Å². The topological polar surface area (TPSA) is 20.3 Å². The van der Waals surface area contributed by atoms with Crippen LogP contribution in [0.5, 0.6) is 0 Å². The zero-order valence-electron chi connectivity index (χ0n) is 15.8. The first-order valence-electron chi connectivity index (χ1n) is 9.48. The van der Waals surface area contributed by atoms with E-state index in [1.54, 1.807) is 0 Å². The molecule has 1 amide bonds. The molecular weight excluding hydrogens is 386 g/mol. The summed E-state index contributed by atoms with van der Waals surface area (Å²) in [4.78, 5) is 15.2. The lowest BCUT2D eigenvalue weighted by molar-refractivity contribution is -0.139. The Kier molecular flexibility index (Phi) is 5.86. The SMILES string of the molecule is C=C(C)C[C@]1(C2=CCCC=C2)CCN([C@@H](C)c2ccc(Br)cc2)C(=O)C1. The Balaban J connectivity index is 1.81. The summed E-state index contributed by atoms with van der Waals surface area (Å²) in [5.41, 5.74) is 3.62. The maximum absolute atomic E-state index is 13.2. The molecule has 3 heteroatoms. The molecule has 0 radical (unpaired) electrons. The van der Waals surface area contributed by atoms with Gasteiger partial charge in [-0.05, 0) is 62.8 Å². The van der Waals surface area contributed by atoms with Crippen LogP contribution in [0.2, 0.25) is 0 Å². The number of piperidine rings is 1. The van der Waals surface area contributed by atoms with Crippen LogP contribution in [-0.2, 0) is 4.79 Å². The summed E-state index contributed by atoms with van der Waals surface area (Å²) >= 11 is 3.48. The summed E-state index contributed by atoms with van der Waals surface area (Å²) in [6.45, 7) is 9.15. The number of hydrogen-bond donors (Lipinski definition) is 0. The molecule has 0 aromatic heterocycles. The van der Waals surface area contributed by atoms with Crippen LogP contribution in [0, 0.1) is 5.41 Å². The second-order valence-electron chi connectivity index (χ2n) is 7.79. The van der Waals surface area contributed by atoms with Gasteiger partial charge in [0, 0.05) is 22.9 Å². The number of amides is 1. The van der Waals surface area contributed by atoms with Gasteiger partial charge in [-0.1, -0.05) is 51.9 Å². The fourth-order valence-electron chi connectivity index (χ4n) is 4.35. The summed E-state index contributed by atoms with van der Waals surface area (Å²) in [6, 6.07) is 8.40. The molecule has 2 atom stereocenters. The second kappa shape index (κ2) is 7.96. The van der Waals surface area contributed by atoms with Crippen LogP contribution in [-0.4, -0.2) is 17.4 Å². The highest BCUT2D eigenvalue weighted by Gasteiger charge is 2.42. The van der Waals surface area contributed by atoms with E-state index in [-0.39, 0.29) is 17.4 Å². The normalized spacial score (nSPS) is 24.3. The van der Waals surface area contributed by atoms with Gasteiger partial charge in [0.2, 0.25) is 5.91 Å². The molecule has 0 bridgehead atoms. The molecule has 1 aromatic carbocycles. The lowest BCUT2D eigenvalue weighted by Gasteiger charge is -2.45. The van der Waals surface area contributed by atoms with E-state index < -0.39 is 0 Å². The van der Waals surface area contributed by atoms with Gasteiger partial charge >= 0.3 is 0 Å². The minimum atomic E-state index is -0.0736. The minimum Gasteiger partial charge on any atom is -0.336 e. The molecule has 1 fully saturated rings. The number of nitrogens with zero attached hydrogens (tertiary/aromatic N) is 1. The van der Waals surface area contributed by atoms with Crippen molar-refractivity contribution in [3.05, 3.63) is 70.3 Å². The standard InChI is InChI=1S/C23H28BrNO/c1-17(2)15-23(20-7-5-4-6-8-20)13-14-25(22(26)16-23)18(3)19-9-11-21(24)12-10-19/h5,7-12,18H,1,4,6,13-16H2,2-3H3/t18-,23+/m0/s1. The molecule has 1 aliphatic heterocycles. The Morgan fingerprint density at radius 3 is 2.62 bits per heavy atom. The van der Waals surface area contributed by atoms with Crippen LogP contribution < -0.4 is 0 Å². The molecule has 1 heterocycles. The van der Waals surface area contributed by atoms with Gasteiger partial charge in [-0.2, -0.15) is 0 Å². The maximum Gasteiger partial charge on any atom is 0.223 e. The number of rotatable bonds is 5. The van der Waals surface area contributed by atoms with Gasteiger partial charge in [0.05, 0.1) is 6.04 Å². The van der Waals surface area contributed by atoms with Gasteiger partial charge in [0.15, 0.2) is 0 Å². The number of benzene rings is 1. The first kappa shape index (κ1) is 19.2. The number of allylic oxidation sites excluding steroid dienone is 5. The van der Waals surface area contributed by atoms with Crippen molar-refractivity contribution in [1.29, 1.82) is 0 Å². The van der Waals surface area contributed by atoms with Crippen molar-refractivity contribution < 1.29 is 4.79 Å². The molecule has 1 aromatic rings. The molecule has 26 heavy (non-hydrogen) atoms. The van der Waals surface area contributed by atoms with Crippen LogP contribution in [0.4, 0.5) is 0 Å². The fourth-order valence-corrected chi connectivity index (χ4v) is 4.62. The molecule has 0 spiro atoms. The Hall–Kier alpha value is -1.61. The molecule has 2 nitrogen and oxygen atoms in total. The lowest BCUT2D eigenvalue weighted by Crippen LogP contribution is -2.46. The lowest BCUT2D eigenvalue weighted by atomic mass is 9.67. The fraction of sp³-hybridized carbons (Fsp3) is 0.435. The Bertz CT molecular complexity index is 746. The molecule has 0 unspecified atom stereocenters. The summed E-state index contributed by atoms with van der Waals surface area (Å²) < 4.78 is 1.06. The number of hydrogen-bond acceptors (Lipinski definition) is 1. The van der Waals surface area contributed by atoms with Crippen molar-refractivity contribution in [1.82, 2.24) is 4.90 Å². The van der Waals surface area contributed by atoms with Gasteiger partial charge in [-0.3, -0.25) is 4.79 Å². The molecule has 1 saturated heterocycles. The van der Waals surface area contributed by atoms with E-state index in [2.05, 4.69) is 66.7 Å². The number of halogens is 1. The molecule has 1 aliphatic carbocycles. The highest BCUT2D eigenvalue weighted by atomic mass is 79.9. The maximum atomic E-state index is 13.2. The number of carbonyl (C=O) groups is 1. The average molecular weight is 414 g/mol. The van der Waals surface area contributed by atoms with Crippen LogP contribution in [0.3, 0.4) is 0 Å². The molecule has 138 valence electrons. The van der Waals surface area contributed by atoms with Crippen molar-refractivity contribution in [3.8, 4) is 0 Å². The monoisotopic (exact) mass is 413 g/mol. The van der Waals surface area contributed by atoms with Gasteiger partial charge in [-0.25, -0.2) is 0 Å². The van der Waals surface area contributed by atoms with Crippen molar-refractivity contribution >= 4 is 21.8 Å². The second-order valence-corrected chi connectivity index (χ2v) is 8.71. The van der Waals surface area contributed by atoms with E-state index in [0.717, 1.165) is 42.3 Å².